The summed E-state index contributed by atoms with van der Waals surface area (Å²) in [6.07, 6.45) is 0. The molecular weight excluding hydrogens is 464 g/mol. The van der Waals surface area contributed by atoms with Gasteiger partial charge in [-0.1, -0.05) is 29.8 Å². The summed E-state index contributed by atoms with van der Waals surface area (Å²) < 4.78 is 35.8. The third-order valence-electron chi connectivity index (χ3n) is 4.84. The number of carbonyl (C=O) groups is 1. The van der Waals surface area contributed by atoms with Gasteiger partial charge in [-0.15, -0.1) is 11.8 Å². The van der Waals surface area contributed by atoms with Crippen LogP contribution in [0.4, 0.5) is 0 Å². The SMILES string of the molecule is O=C(CSCc1cccc(Cl)c1)N1CCN(S(=O)(=O)c2cccc3nsnc23)CC1. The maximum atomic E-state index is 13.1. The number of carbonyl (C=O) groups excluding carboxylic acids is 1. The monoisotopic (exact) mass is 482 g/mol. The Balaban J connectivity index is 1.33. The summed E-state index contributed by atoms with van der Waals surface area (Å²) in [4.78, 5) is 14.4. The standard InChI is InChI=1S/C19H19ClN4O3S3/c20-15-4-1-3-14(11-15)12-28-13-18(25)23-7-9-24(10-8-23)30(26,27)17-6-2-5-16-19(17)22-29-21-16/h1-6,11H,7-10,12-13H2. The second-order valence-electron chi connectivity index (χ2n) is 6.80. The van der Waals surface area contributed by atoms with E-state index in [4.69, 9.17) is 11.6 Å². The lowest BCUT2D eigenvalue weighted by molar-refractivity contribution is -0.129. The van der Waals surface area contributed by atoms with Gasteiger partial charge in [-0.2, -0.15) is 13.1 Å². The number of aromatic nitrogens is 2. The molecule has 4 rings (SSSR count). The largest absolute Gasteiger partial charge is 0.339 e. The Morgan fingerprint density at radius 2 is 1.87 bits per heavy atom. The van der Waals surface area contributed by atoms with E-state index < -0.39 is 10.0 Å². The Kier molecular flexibility index (Phi) is 6.59. The smallest absolute Gasteiger partial charge is 0.245 e. The van der Waals surface area contributed by atoms with E-state index in [-0.39, 0.29) is 23.9 Å². The highest BCUT2D eigenvalue weighted by atomic mass is 35.5. The molecule has 11 heteroatoms. The summed E-state index contributed by atoms with van der Waals surface area (Å²) in [5.74, 6) is 1.07. The Labute approximate surface area is 188 Å². The van der Waals surface area contributed by atoms with Crippen molar-refractivity contribution in [3.05, 3.63) is 53.1 Å². The molecule has 1 aromatic heterocycles. The maximum Gasteiger partial charge on any atom is 0.245 e. The van der Waals surface area contributed by atoms with Gasteiger partial charge in [0.25, 0.3) is 0 Å². The molecule has 3 aromatic rings. The van der Waals surface area contributed by atoms with Crippen molar-refractivity contribution in [2.75, 3.05) is 31.9 Å². The van der Waals surface area contributed by atoms with E-state index in [0.717, 1.165) is 17.3 Å². The number of halogens is 1. The third-order valence-corrected chi connectivity index (χ3v) is 8.54. The normalized spacial score (nSPS) is 15.6. The van der Waals surface area contributed by atoms with Crippen LogP contribution in [-0.2, 0) is 20.6 Å². The molecule has 0 saturated carbocycles. The Hall–Kier alpha value is -1.72. The molecule has 158 valence electrons. The van der Waals surface area contributed by atoms with Gasteiger partial charge in [-0.05, 0) is 29.8 Å². The highest BCUT2D eigenvalue weighted by Crippen LogP contribution is 2.25. The van der Waals surface area contributed by atoms with Gasteiger partial charge >= 0.3 is 0 Å². The quantitative estimate of drug-likeness (QED) is 0.536. The average Bonchev–Trinajstić information content (AvgIpc) is 3.22. The second-order valence-corrected chi connectivity index (χ2v) is 10.7. The molecule has 2 heterocycles. The van der Waals surface area contributed by atoms with Gasteiger partial charge in [0.05, 0.1) is 17.5 Å². The first-order valence-electron chi connectivity index (χ1n) is 9.26. The lowest BCUT2D eigenvalue weighted by atomic mass is 10.2. The van der Waals surface area contributed by atoms with Crippen LogP contribution in [0.25, 0.3) is 11.0 Å². The zero-order chi connectivity index (χ0) is 21.1. The minimum atomic E-state index is -3.68. The fourth-order valence-electron chi connectivity index (χ4n) is 3.28. The molecule has 1 fully saturated rings. The minimum Gasteiger partial charge on any atom is -0.339 e. The predicted octanol–water partition coefficient (Wildman–Crippen LogP) is 3.11. The van der Waals surface area contributed by atoms with Gasteiger partial charge in [-0.3, -0.25) is 4.79 Å². The van der Waals surface area contributed by atoms with Crippen LogP contribution in [0, 0.1) is 0 Å². The fraction of sp³-hybridized carbons (Fsp3) is 0.316. The molecule has 0 aliphatic carbocycles. The number of piperazine rings is 1. The summed E-state index contributed by atoms with van der Waals surface area (Å²) in [5, 5.41) is 0.681. The molecule has 1 aliphatic rings. The first-order chi connectivity index (χ1) is 14.4. The number of nitrogens with zero attached hydrogens (tertiary/aromatic N) is 4. The number of benzene rings is 2. The number of hydrogen-bond donors (Lipinski definition) is 0. The van der Waals surface area contributed by atoms with E-state index >= 15 is 0 Å². The van der Waals surface area contributed by atoms with E-state index in [1.165, 1.54) is 16.1 Å². The molecule has 30 heavy (non-hydrogen) atoms. The molecule has 0 N–H and O–H groups in total. The van der Waals surface area contributed by atoms with Gasteiger partial charge in [-0.25, -0.2) is 8.42 Å². The van der Waals surface area contributed by atoms with E-state index in [9.17, 15) is 13.2 Å². The molecule has 0 radical (unpaired) electrons. The molecule has 7 nitrogen and oxygen atoms in total. The van der Waals surface area contributed by atoms with Gasteiger partial charge in [0.1, 0.15) is 15.9 Å². The second kappa shape index (κ2) is 9.19. The molecule has 1 saturated heterocycles. The Bertz CT molecular complexity index is 1160. The highest BCUT2D eigenvalue weighted by molar-refractivity contribution is 7.99. The molecule has 0 spiro atoms. The van der Waals surface area contributed by atoms with Crippen LogP contribution in [0.3, 0.4) is 0 Å². The van der Waals surface area contributed by atoms with Crippen molar-refractivity contribution in [2.45, 2.75) is 10.6 Å². The summed E-state index contributed by atoms with van der Waals surface area (Å²) in [7, 11) is -3.68. The van der Waals surface area contributed by atoms with Crippen LogP contribution in [0.2, 0.25) is 5.02 Å². The Morgan fingerprint density at radius 3 is 2.63 bits per heavy atom. The molecular formula is C19H19ClN4O3S3. The van der Waals surface area contributed by atoms with Crippen LogP contribution in [0.5, 0.6) is 0 Å². The topological polar surface area (TPSA) is 83.5 Å². The number of thioether (sulfide) groups is 1. The van der Waals surface area contributed by atoms with Crippen molar-refractivity contribution in [1.82, 2.24) is 18.0 Å². The van der Waals surface area contributed by atoms with Crippen LogP contribution in [-0.4, -0.2) is 64.2 Å². The van der Waals surface area contributed by atoms with E-state index in [1.807, 2.05) is 24.3 Å². The fourth-order valence-corrected chi connectivity index (χ4v) is 6.54. The number of rotatable bonds is 6. The van der Waals surface area contributed by atoms with Gasteiger partial charge in [0.2, 0.25) is 15.9 Å². The van der Waals surface area contributed by atoms with E-state index in [0.29, 0.717) is 40.7 Å². The summed E-state index contributed by atoms with van der Waals surface area (Å²) >= 11 is 8.51. The Morgan fingerprint density at radius 1 is 1.10 bits per heavy atom. The minimum absolute atomic E-state index is 0.0184. The lowest BCUT2D eigenvalue weighted by Crippen LogP contribution is -2.51. The summed E-state index contributed by atoms with van der Waals surface area (Å²) in [6.45, 7) is 1.28. The lowest BCUT2D eigenvalue weighted by Gasteiger charge is -2.34. The van der Waals surface area contributed by atoms with Gasteiger partial charge < -0.3 is 4.90 Å². The molecule has 2 aromatic carbocycles. The zero-order valence-electron chi connectivity index (χ0n) is 15.9. The van der Waals surface area contributed by atoms with Crippen molar-refractivity contribution in [3.8, 4) is 0 Å². The molecule has 1 aliphatic heterocycles. The first-order valence-corrected chi connectivity index (χ1v) is 13.0. The van der Waals surface area contributed by atoms with Crippen molar-refractivity contribution in [3.63, 3.8) is 0 Å². The summed E-state index contributed by atoms with van der Waals surface area (Å²) in [5.41, 5.74) is 2.05. The van der Waals surface area contributed by atoms with E-state index in [1.54, 1.807) is 23.1 Å². The van der Waals surface area contributed by atoms with Crippen molar-refractivity contribution in [1.29, 1.82) is 0 Å². The average molecular weight is 483 g/mol. The molecule has 0 unspecified atom stereocenters. The van der Waals surface area contributed by atoms with E-state index in [2.05, 4.69) is 8.75 Å². The van der Waals surface area contributed by atoms with Crippen molar-refractivity contribution in [2.24, 2.45) is 0 Å². The van der Waals surface area contributed by atoms with Crippen molar-refractivity contribution < 1.29 is 13.2 Å². The number of sulfonamides is 1. The van der Waals surface area contributed by atoms with Crippen LogP contribution >= 0.6 is 35.1 Å². The predicted molar refractivity (Wildman–Crippen MR) is 120 cm³/mol. The third kappa shape index (κ3) is 4.62. The molecule has 0 atom stereocenters. The van der Waals surface area contributed by atoms with Crippen LogP contribution in [0.15, 0.2) is 47.4 Å². The van der Waals surface area contributed by atoms with Crippen LogP contribution < -0.4 is 0 Å². The first kappa shape index (κ1) is 21.5. The number of amides is 1. The maximum absolute atomic E-state index is 13.1. The summed E-state index contributed by atoms with van der Waals surface area (Å²) in [6, 6.07) is 12.6. The zero-order valence-corrected chi connectivity index (χ0v) is 19.1. The van der Waals surface area contributed by atoms with Gasteiger partial charge in [0, 0.05) is 37.0 Å². The van der Waals surface area contributed by atoms with Crippen molar-refractivity contribution >= 4 is 62.1 Å². The highest BCUT2D eigenvalue weighted by Gasteiger charge is 2.31. The van der Waals surface area contributed by atoms with Gasteiger partial charge in [0.15, 0.2) is 0 Å². The number of hydrogen-bond acceptors (Lipinski definition) is 7. The number of fused-ring (bicyclic) bond motifs is 1. The van der Waals surface area contributed by atoms with Crippen LogP contribution in [0.1, 0.15) is 5.56 Å². The molecule has 0 bridgehead atoms. The molecule has 1 amide bonds.